The smallest absolute Gasteiger partial charge is 0.418 e. The van der Waals surface area contributed by atoms with E-state index in [0.717, 1.165) is 6.07 Å². The Labute approximate surface area is 81.8 Å². The molecule has 4 N–H and O–H groups in total. The highest BCUT2D eigenvalue weighted by atomic mass is 19.4. The zero-order valence-electron chi connectivity index (χ0n) is 7.15. The van der Waals surface area contributed by atoms with E-state index in [9.17, 15) is 13.2 Å². The zero-order valence-corrected chi connectivity index (χ0v) is 7.15. The Hall–Kier alpha value is -1.63. The molecule has 7 heteroatoms. The van der Waals surface area contributed by atoms with Crippen molar-refractivity contribution in [3.8, 4) is 17.2 Å². The summed E-state index contributed by atoms with van der Waals surface area (Å²) in [6.07, 6.45) is -7.87. The van der Waals surface area contributed by atoms with Crippen LogP contribution in [0.4, 0.5) is 13.2 Å². The maximum absolute atomic E-state index is 12.0. The highest BCUT2D eigenvalue weighted by molar-refractivity contribution is 5.53. The predicted molar refractivity (Wildman–Crippen MR) is 42.5 cm³/mol. The topological polar surface area (TPSA) is 80.9 Å². The van der Waals surface area contributed by atoms with Crippen LogP contribution < -0.4 is 0 Å². The molecule has 1 rings (SSSR count). The van der Waals surface area contributed by atoms with Gasteiger partial charge in [-0.15, -0.1) is 0 Å². The molecule has 0 bridgehead atoms. The van der Waals surface area contributed by atoms with E-state index in [1.807, 2.05) is 0 Å². The molecular formula is C8H7F3O4. The lowest BCUT2D eigenvalue weighted by molar-refractivity contribution is -0.207. The van der Waals surface area contributed by atoms with Gasteiger partial charge in [0.05, 0.1) is 0 Å². The molecule has 0 heterocycles. The van der Waals surface area contributed by atoms with Crippen molar-refractivity contribution in [2.45, 2.75) is 12.3 Å². The fourth-order valence-electron chi connectivity index (χ4n) is 0.982. The third kappa shape index (κ3) is 2.07. The van der Waals surface area contributed by atoms with Gasteiger partial charge in [0.15, 0.2) is 17.6 Å². The number of halogens is 3. The number of phenolic OH excluding ortho intramolecular Hbond substituents is 3. The normalized spacial score (nSPS) is 13.9. The first-order chi connectivity index (χ1) is 6.75. The molecule has 0 saturated carbocycles. The maximum atomic E-state index is 12.0. The van der Waals surface area contributed by atoms with Gasteiger partial charge < -0.3 is 20.4 Å². The minimum absolute atomic E-state index is 0.669. The van der Waals surface area contributed by atoms with Crippen LogP contribution in [-0.4, -0.2) is 26.6 Å². The zero-order chi connectivity index (χ0) is 11.8. The largest absolute Gasteiger partial charge is 0.504 e. The van der Waals surface area contributed by atoms with E-state index in [1.165, 1.54) is 0 Å². The fourth-order valence-corrected chi connectivity index (χ4v) is 0.982. The van der Waals surface area contributed by atoms with E-state index in [-0.39, 0.29) is 0 Å². The number of aliphatic hydroxyl groups excluding tert-OH is 1. The van der Waals surface area contributed by atoms with Gasteiger partial charge in [0.1, 0.15) is 0 Å². The number of aromatic hydroxyl groups is 3. The molecule has 0 radical (unpaired) electrons. The fraction of sp³-hybridized carbons (Fsp3) is 0.250. The van der Waals surface area contributed by atoms with Crippen LogP contribution in [0.15, 0.2) is 12.1 Å². The van der Waals surface area contributed by atoms with Crippen LogP contribution in [0.5, 0.6) is 17.2 Å². The number of alkyl halides is 3. The molecule has 1 unspecified atom stereocenters. The SMILES string of the molecule is Oc1ccc(C(O)C(F)(F)F)c(O)c1O. The first kappa shape index (κ1) is 11.4. The third-order valence-corrected chi connectivity index (χ3v) is 1.77. The Balaban J connectivity index is 3.23. The van der Waals surface area contributed by atoms with Crippen molar-refractivity contribution < 1.29 is 33.6 Å². The van der Waals surface area contributed by atoms with Gasteiger partial charge in [0.2, 0.25) is 5.75 Å². The molecule has 0 aliphatic heterocycles. The number of phenols is 3. The van der Waals surface area contributed by atoms with Crippen LogP contribution in [0.1, 0.15) is 11.7 Å². The number of hydrogen-bond acceptors (Lipinski definition) is 4. The summed E-state index contributed by atoms with van der Waals surface area (Å²) < 4.78 is 36.1. The monoisotopic (exact) mass is 224 g/mol. The van der Waals surface area contributed by atoms with Gasteiger partial charge >= 0.3 is 6.18 Å². The molecule has 4 nitrogen and oxygen atoms in total. The number of benzene rings is 1. The van der Waals surface area contributed by atoms with E-state index >= 15 is 0 Å². The molecule has 0 fully saturated rings. The summed E-state index contributed by atoms with van der Waals surface area (Å²) >= 11 is 0. The van der Waals surface area contributed by atoms with E-state index in [2.05, 4.69) is 0 Å². The molecular weight excluding hydrogens is 217 g/mol. The third-order valence-electron chi connectivity index (χ3n) is 1.77. The van der Waals surface area contributed by atoms with E-state index in [1.54, 1.807) is 0 Å². The highest BCUT2D eigenvalue weighted by Gasteiger charge is 2.41. The van der Waals surface area contributed by atoms with Crippen molar-refractivity contribution in [2.24, 2.45) is 0 Å². The number of aliphatic hydroxyl groups is 1. The Morgan fingerprint density at radius 3 is 2.00 bits per heavy atom. The summed E-state index contributed by atoms with van der Waals surface area (Å²) in [5.74, 6) is -3.07. The van der Waals surface area contributed by atoms with Crippen molar-refractivity contribution >= 4 is 0 Å². The average Bonchev–Trinajstić information content (AvgIpc) is 2.12. The molecule has 0 aliphatic rings. The van der Waals surface area contributed by atoms with E-state index in [0.29, 0.717) is 6.07 Å². The maximum Gasteiger partial charge on any atom is 0.418 e. The second kappa shape index (κ2) is 3.50. The van der Waals surface area contributed by atoms with E-state index in [4.69, 9.17) is 20.4 Å². The van der Waals surface area contributed by atoms with Crippen molar-refractivity contribution in [3.05, 3.63) is 17.7 Å². The lowest BCUT2D eigenvalue weighted by Crippen LogP contribution is -2.20. The standard InChI is InChI=1S/C8H7F3O4/c9-8(10,11)7(15)3-1-2-4(12)6(14)5(3)13/h1-2,7,12-15H. The van der Waals surface area contributed by atoms with Crippen LogP contribution in [0.25, 0.3) is 0 Å². The first-order valence-electron chi connectivity index (χ1n) is 3.73. The molecule has 15 heavy (non-hydrogen) atoms. The van der Waals surface area contributed by atoms with Gasteiger partial charge in [-0.3, -0.25) is 0 Å². The van der Waals surface area contributed by atoms with Gasteiger partial charge in [-0.1, -0.05) is 0 Å². The molecule has 0 spiro atoms. The van der Waals surface area contributed by atoms with Gasteiger partial charge in [-0.2, -0.15) is 13.2 Å². The Kier molecular flexibility index (Phi) is 2.67. The molecule has 1 aromatic rings. The average molecular weight is 224 g/mol. The summed E-state index contributed by atoms with van der Waals surface area (Å²) in [4.78, 5) is 0. The Morgan fingerprint density at radius 2 is 1.53 bits per heavy atom. The van der Waals surface area contributed by atoms with Crippen molar-refractivity contribution in [1.82, 2.24) is 0 Å². The van der Waals surface area contributed by atoms with Gasteiger partial charge in [0, 0.05) is 5.56 Å². The van der Waals surface area contributed by atoms with Gasteiger partial charge in [0.25, 0.3) is 0 Å². The highest BCUT2D eigenvalue weighted by Crippen LogP contribution is 2.43. The molecule has 1 atom stereocenters. The summed E-state index contributed by atoms with van der Waals surface area (Å²) in [6.45, 7) is 0. The lowest BCUT2D eigenvalue weighted by atomic mass is 10.1. The second-order valence-corrected chi connectivity index (χ2v) is 2.82. The minimum Gasteiger partial charge on any atom is -0.504 e. The summed E-state index contributed by atoms with van der Waals surface area (Å²) in [6, 6.07) is 1.40. The van der Waals surface area contributed by atoms with Crippen LogP contribution in [0.3, 0.4) is 0 Å². The van der Waals surface area contributed by atoms with Crippen LogP contribution in [0.2, 0.25) is 0 Å². The summed E-state index contributed by atoms with van der Waals surface area (Å²) in [5.41, 5.74) is -0.919. The molecule has 0 aliphatic carbocycles. The van der Waals surface area contributed by atoms with Crippen LogP contribution in [-0.2, 0) is 0 Å². The minimum atomic E-state index is -4.96. The Bertz CT molecular complexity index is 375. The number of hydrogen-bond donors (Lipinski definition) is 4. The molecule has 0 saturated heterocycles. The van der Waals surface area contributed by atoms with Gasteiger partial charge in [-0.05, 0) is 12.1 Å². The molecule has 1 aromatic carbocycles. The van der Waals surface area contributed by atoms with Crippen molar-refractivity contribution in [1.29, 1.82) is 0 Å². The Morgan fingerprint density at radius 1 is 1.00 bits per heavy atom. The molecule has 0 amide bonds. The summed E-state index contributed by atoms with van der Waals surface area (Å²) in [7, 11) is 0. The van der Waals surface area contributed by atoms with Crippen LogP contribution >= 0.6 is 0 Å². The quantitative estimate of drug-likeness (QED) is 0.543. The van der Waals surface area contributed by atoms with Crippen molar-refractivity contribution in [2.75, 3.05) is 0 Å². The molecule has 84 valence electrons. The van der Waals surface area contributed by atoms with Gasteiger partial charge in [-0.25, -0.2) is 0 Å². The van der Waals surface area contributed by atoms with Crippen LogP contribution in [0, 0.1) is 0 Å². The second-order valence-electron chi connectivity index (χ2n) is 2.82. The predicted octanol–water partition coefficient (Wildman–Crippen LogP) is 1.40. The summed E-state index contributed by atoms with van der Waals surface area (Å²) in [5, 5.41) is 35.6. The lowest BCUT2D eigenvalue weighted by Gasteiger charge is -2.16. The van der Waals surface area contributed by atoms with E-state index < -0.39 is 35.1 Å². The first-order valence-corrected chi connectivity index (χ1v) is 3.73. The van der Waals surface area contributed by atoms with Crippen molar-refractivity contribution in [3.63, 3.8) is 0 Å². The number of rotatable bonds is 1. The molecule has 0 aromatic heterocycles.